The fourth-order valence-electron chi connectivity index (χ4n) is 3.40. The predicted molar refractivity (Wildman–Crippen MR) is 106 cm³/mol. The van der Waals surface area contributed by atoms with Crippen molar-refractivity contribution in [2.24, 2.45) is 12.8 Å². The van der Waals surface area contributed by atoms with Crippen molar-refractivity contribution in [2.45, 2.75) is 13.0 Å². The van der Waals surface area contributed by atoms with Crippen LogP contribution < -0.4 is 20.7 Å². The van der Waals surface area contributed by atoms with Crippen LogP contribution in [0.15, 0.2) is 30.5 Å². The van der Waals surface area contributed by atoms with Crippen molar-refractivity contribution in [3.05, 3.63) is 36.2 Å². The molecule has 1 atom stereocenters. The quantitative estimate of drug-likeness (QED) is 0.742. The lowest BCUT2D eigenvalue weighted by molar-refractivity contribution is -0.125. The van der Waals surface area contributed by atoms with Gasteiger partial charge in [0.15, 0.2) is 0 Å². The monoisotopic (exact) mass is 386 g/mol. The molecule has 9 nitrogen and oxygen atoms in total. The summed E-state index contributed by atoms with van der Waals surface area (Å²) in [6.45, 7) is 3.60. The predicted octanol–water partition coefficient (Wildman–Crippen LogP) is 0.352. The summed E-state index contributed by atoms with van der Waals surface area (Å²) in [6, 6.07) is 7.11. The molecule has 1 aliphatic rings. The fraction of sp³-hybridized carbons (Fsp3) is 0.421. The number of carbonyl (C=O) groups excluding carboxylic acids is 2. The first-order valence-electron chi connectivity index (χ1n) is 9.10. The first kappa shape index (κ1) is 19.7. The number of methoxy groups -OCH3 is 1. The Balaban J connectivity index is 1.64. The molecule has 1 fully saturated rings. The number of carbonyl (C=O) groups is 2. The highest BCUT2D eigenvalue weighted by Crippen LogP contribution is 2.22. The number of ether oxygens (including phenoxy) is 1. The average Bonchev–Trinajstić information content (AvgIpc) is 2.98. The number of hydrogen-bond acceptors (Lipinski definition) is 6. The van der Waals surface area contributed by atoms with Gasteiger partial charge in [0.2, 0.25) is 11.8 Å². The third-order valence-electron chi connectivity index (χ3n) is 4.89. The van der Waals surface area contributed by atoms with E-state index in [-0.39, 0.29) is 12.5 Å². The Labute approximate surface area is 164 Å². The summed E-state index contributed by atoms with van der Waals surface area (Å²) in [7, 11) is 3.42. The van der Waals surface area contributed by atoms with Gasteiger partial charge in [-0.1, -0.05) is 0 Å². The maximum absolute atomic E-state index is 12.5. The number of piperazine rings is 1. The van der Waals surface area contributed by atoms with Gasteiger partial charge in [0, 0.05) is 38.6 Å². The molecular weight excluding hydrogens is 360 g/mol. The molecule has 1 saturated heterocycles. The van der Waals surface area contributed by atoms with Crippen LogP contribution in [0.5, 0.6) is 5.75 Å². The molecule has 1 aliphatic heterocycles. The minimum atomic E-state index is -0.545. The summed E-state index contributed by atoms with van der Waals surface area (Å²) in [5.41, 5.74) is 8.02. The van der Waals surface area contributed by atoms with Gasteiger partial charge >= 0.3 is 0 Å². The molecule has 2 amide bonds. The fourth-order valence-corrected chi connectivity index (χ4v) is 3.40. The molecule has 3 N–H and O–H groups in total. The number of nitrogens with two attached hydrogens (primary N) is 1. The van der Waals surface area contributed by atoms with Crippen LogP contribution in [0.25, 0.3) is 0 Å². The first-order valence-corrected chi connectivity index (χ1v) is 9.10. The van der Waals surface area contributed by atoms with Gasteiger partial charge in [-0.15, -0.1) is 0 Å². The van der Waals surface area contributed by atoms with Crippen LogP contribution in [0, 0.1) is 6.92 Å². The van der Waals surface area contributed by atoms with Crippen LogP contribution in [0.3, 0.4) is 0 Å². The van der Waals surface area contributed by atoms with Crippen LogP contribution in [-0.2, 0) is 16.6 Å². The summed E-state index contributed by atoms with van der Waals surface area (Å²) in [6.07, 6.45) is 1.75. The highest BCUT2D eigenvalue weighted by Gasteiger charge is 2.32. The minimum absolute atomic E-state index is 0.0956. The number of nitrogens with zero attached hydrogens (tertiary/aromatic N) is 4. The third-order valence-corrected chi connectivity index (χ3v) is 4.89. The van der Waals surface area contributed by atoms with Gasteiger partial charge in [-0.25, -0.2) is 0 Å². The number of anilines is 2. The van der Waals surface area contributed by atoms with Gasteiger partial charge < -0.3 is 20.7 Å². The lowest BCUT2D eigenvalue weighted by Gasteiger charge is -2.40. The van der Waals surface area contributed by atoms with Crippen molar-refractivity contribution in [3.8, 4) is 5.75 Å². The van der Waals surface area contributed by atoms with Crippen molar-refractivity contribution in [2.75, 3.05) is 43.5 Å². The van der Waals surface area contributed by atoms with E-state index in [0.717, 1.165) is 17.1 Å². The molecule has 2 aromatic rings. The Morgan fingerprint density at radius 2 is 2.00 bits per heavy atom. The number of amides is 2. The van der Waals surface area contributed by atoms with E-state index in [1.54, 1.807) is 25.0 Å². The molecule has 0 saturated carbocycles. The lowest BCUT2D eigenvalue weighted by Crippen LogP contribution is -2.59. The number of rotatable bonds is 6. The van der Waals surface area contributed by atoms with E-state index in [2.05, 4.69) is 15.3 Å². The van der Waals surface area contributed by atoms with Crippen LogP contribution in [0.1, 0.15) is 5.69 Å². The van der Waals surface area contributed by atoms with Crippen LogP contribution >= 0.6 is 0 Å². The molecule has 1 aromatic carbocycles. The Morgan fingerprint density at radius 1 is 1.29 bits per heavy atom. The Hall–Kier alpha value is -3.07. The Bertz CT molecular complexity index is 848. The zero-order valence-electron chi connectivity index (χ0n) is 16.4. The van der Waals surface area contributed by atoms with Gasteiger partial charge in [-0.2, -0.15) is 5.10 Å². The van der Waals surface area contributed by atoms with Gasteiger partial charge in [0.25, 0.3) is 0 Å². The van der Waals surface area contributed by atoms with Gasteiger partial charge in [-0.3, -0.25) is 19.2 Å². The van der Waals surface area contributed by atoms with E-state index < -0.39 is 11.9 Å². The number of hydrogen-bond donors (Lipinski definition) is 2. The van der Waals surface area contributed by atoms with Crippen LogP contribution in [-0.4, -0.2) is 65.8 Å². The Kier molecular flexibility index (Phi) is 5.84. The zero-order valence-corrected chi connectivity index (χ0v) is 16.4. The standard InChI is InChI=1S/C19H26N6O3/c1-13-16(10-23(2)22-13)21-18(26)12-25-9-8-24(11-17(25)19(20)27)14-4-6-15(28-3)7-5-14/h4-7,10,17H,8-9,11-12H2,1-3H3,(H2,20,27)(H,21,26)/t17-/m0/s1. The molecule has 1 aromatic heterocycles. The van der Waals surface area contributed by atoms with Crippen LogP contribution in [0.2, 0.25) is 0 Å². The number of aromatic nitrogens is 2. The molecule has 28 heavy (non-hydrogen) atoms. The SMILES string of the molecule is COc1ccc(N2CCN(CC(=O)Nc3cn(C)nc3C)[C@H](C(N)=O)C2)cc1. The normalized spacial score (nSPS) is 17.4. The summed E-state index contributed by atoms with van der Waals surface area (Å²) in [4.78, 5) is 28.4. The Morgan fingerprint density at radius 3 is 2.57 bits per heavy atom. The summed E-state index contributed by atoms with van der Waals surface area (Å²) >= 11 is 0. The van der Waals surface area contributed by atoms with E-state index in [1.165, 1.54) is 0 Å². The molecule has 0 unspecified atom stereocenters. The molecule has 2 heterocycles. The maximum Gasteiger partial charge on any atom is 0.238 e. The third kappa shape index (κ3) is 4.42. The zero-order chi connectivity index (χ0) is 20.3. The number of benzene rings is 1. The molecule has 150 valence electrons. The minimum Gasteiger partial charge on any atom is -0.497 e. The summed E-state index contributed by atoms with van der Waals surface area (Å²) in [5.74, 6) is 0.139. The van der Waals surface area contributed by atoms with Crippen molar-refractivity contribution < 1.29 is 14.3 Å². The number of primary amides is 1. The highest BCUT2D eigenvalue weighted by atomic mass is 16.5. The average molecular weight is 386 g/mol. The smallest absolute Gasteiger partial charge is 0.238 e. The summed E-state index contributed by atoms with van der Waals surface area (Å²) < 4.78 is 6.83. The first-order chi connectivity index (χ1) is 13.4. The maximum atomic E-state index is 12.5. The van der Waals surface area contributed by atoms with Gasteiger partial charge in [0.1, 0.15) is 11.8 Å². The molecular formula is C19H26N6O3. The van der Waals surface area contributed by atoms with Crippen molar-refractivity contribution in [1.82, 2.24) is 14.7 Å². The van der Waals surface area contributed by atoms with E-state index in [4.69, 9.17) is 10.5 Å². The van der Waals surface area contributed by atoms with E-state index >= 15 is 0 Å². The van der Waals surface area contributed by atoms with Crippen molar-refractivity contribution in [3.63, 3.8) is 0 Å². The van der Waals surface area contributed by atoms with Crippen molar-refractivity contribution in [1.29, 1.82) is 0 Å². The number of nitrogens with one attached hydrogen (secondary N) is 1. The van der Waals surface area contributed by atoms with Crippen LogP contribution in [0.4, 0.5) is 11.4 Å². The molecule has 0 aliphatic carbocycles. The molecule has 3 rings (SSSR count). The van der Waals surface area contributed by atoms with Gasteiger partial charge in [-0.05, 0) is 31.2 Å². The topological polar surface area (TPSA) is 106 Å². The molecule has 9 heteroatoms. The summed E-state index contributed by atoms with van der Waals surface area (Å²) in [5, 5.41) is 7.06. The second kappa shape index (κ2) is 8.30. The highest BCUT2D eigenvalue weighted by molar-refractivity contribution is 5.93. The second-order valence-corrected chi connectivity index (χ2v) is 6.88. The molecule has 0 radical (unpaired) electrons. The largest absolute Gasteiger partial charge is 0.497 e. The second-order valence-electron chi connectivity index (χ2n) is 6.88. The van der Waals surface area contributed by atoms with E-state index in [9.17, 15) is 9.59 Å². The van der Waals surface area contributed by atoms with E-state index in [0.29, 0.717) is 25.3 Å². The molecule has 0 spiro atoms. The van der Waals surface area contributed by atoms with Crippen molar-refractivity contribution >= 4 is 23.2 Å². The molecule has 0 bridgehead atoms. The number of aryl methyl sites for hydroxylation is 2. The van der Waals surface area contributed by atoms with E-state index in [1.807, 2.05) is 36.1 Å². The lowest BCUT2D eigenvalue weighted by atomic mass is 10.1. The van der Waals surface area contributed by atoms with Gasteiger partial charge in [0.05, 0.1) is 25.0 Å².